The van der Waals surface area contributed by atoms with E-state index >= 15 is 0 Å². The first-order chi connectivity index (χ1) is 11.9. The molecule has 1 aromatic carbocycles. The van der Waals surface area contributed by atoms with E-state index < -0.39 is 10.0 Å². The molecule has 7 nitrogen and oxygen atoms in total. The SMILES string of the molecule is Cc1ccc(C(C)NC(=O)CCN=C2NS(=O)(=O)c3ccccc32)o1. The van der Waals surface area contributed by atoms with Crippen molar-refractivity contribution in [2.45, 2.75) is 31.2 Å². The highest BCUT2D eigenvalue weighted by molar-refractivity contribution is 7.90. The molecule has 2 aromatic rings. The fourth-order valence-corrected chi connectivity index (χ4v) is 3.84. The molecule has 0 radical (unpaired) electrons. The van der Waals surface area contributed by atoms with Crippen LogP contribution in [0.1, 0.15) is 36.5 Å². The Hall–Kier alpha value is -2.61. The third kappa shape index (κ3) is 3.74. The highest BCUT2D eigenvalue weighted by atomic mass is 32.2. The molecule has 1 amide bonds. The van der Waals surface area contributed by atoms with E-state index in [2.05, 4.69) is 15.0 Å². The van der Waals surface area contributed by atoms with Crippen LogP contribution < -0.4 is 10.0 Å². The summed E-state index contributed by atoms with van der Waals surface area (Å²) in [6.07, 6.45) is 0.150. The molecular formula is C17H19N3O4S. The topological polar surface area (TPSA) is 101 Å². The predicted octanol–water partition coefficient (Wildman–Crippen LogP) is 1.89. The first kappa shape index (κ1) is 17.2. The molecule has 0 saturated heterocycles. The summed E-state index contributed by atoms with van der Waals surface area (Å²) in [4.78, 5) is 16.5. The molecule has 8 heteroatoms. The van der Waals surface area contributed by atoms with Crippen LogP contribution in [0.15, 0.2) is 50.7 Å². The van der Waals surface area contributed by atoms with Gasteiger partial charge in [0, 0.05) is 12.0 Å². The zero-order valence-electron chi connectivity index (χ0n) is 13.9. The first-order valence-corrected chi connectivity index (χ1v) is 9.37. The Labute approximate surface area is 146 Å². The van der Waals surface area contributed by atoms with Crippen LogP contribution in [0.3, 0.4) is 0 Å². The smallest absolute Gasteiger partial charge is 0.263 e. The number of furan rings is 1. The number of amides is 1. The number of nitrogens with one attached hydrogen (secondary N) is 2. The van der Waals surface area contributed by atoms with E-state index in [0.717, 1.165) is 5.76 Å². The van der Waals surface area contributed by atoms with Gasteiger partial charge in [-0.2, -0.15) is 0 Å². The number of amidine groups is 1. The van der Waals surface area contributed by atoms with Crippen molar-refractivity contribution in [1.29, 1.82) is 0 Å². The van der Waals surface area contributed by atoms with E-state index in [1.165, 1.54) is 6.07 Å². The maximum absolute atomic E-state index is 12.0. The van der Waals surface area contributed by atoms with Crippen molar-refractivity contribution in [1.82, 2.24) is 10.0 Å². The zero-order chi connectivity index (χ0) is 18.0. The molecule has 0 aliphatic carbocycles. The van der Waals surface area contributed by atoms with Crippen molar-refractivity contribution in [2.24, 2.45) is 4.99 Å². The quantitative estimate of drug-likeness (QED) is 0.849. The van der Waals surface area contributed by atoms with E-state index in [9.17, 15) is 13.2 Å². The average molecular weight is 361 g/mol. The van der Waals surface area contributed by atoms with Crippen molar-refractivity contribution >= 4 is 21.8 Å². The van der Waals surface area contributed by atoms with Crippen molar-refractivity contribution < 1.29 is 17.6 Å². The Kier molecular flexibility index (Phi) is 4.63. The summed E-state index contributed by atoms with van der Waals surface area (Å²) in [7, 11) is -3.55. The van der Waals surface area contributed by atoms with Crippen molar-refractivity contribution in [3.05, 3.63) is 53.5 Å². The molecule has 3 rings (SSSR count). The largest absolute Gasteiger partial charge is 0.464 e. The van der Waals surface area contributed by atoms with Gasteiger partial charge in [0.25, 0.3) is 10.0 Å². The minimum absolute atomic E-state index is 0.150. The van der Waals surface area contributed by atoms with Crippen LogP contribution in [0.25, 0.3) is 0 Å². The standard InChI is InChI=1S/C17H19N3O4S/c1-11-7-8-14(24-11)12(2)19-16(21)9-10-18-17-13-5-3-4-6-15(13)25(22,23)20-17/h3-8,12H,9-10H2,1-2H3,(H,18,20)(H,19,21). The lowest BCUT2D eigenvalue weighted by Gasteiger charge is -2.10. The highest BCUT2D eigenvalue weighted by Gasteiger charge is 2.29. The summed E-state index contributed by atoms with van der Waals surface area (Å²) in [5.41, 5.74) is 0.530. The maximum atomic E-state index is 12.0. The molecule has 1 aliphatic rings. The molecule has 2 N–H and O–H groups in total. The third-order valence-corrected chi connectivity index (χ3v) is 5.23. The minimum Gasteiger partial charge on any atom is -0.464 e. The van der Waals surface area contributed by atoms with Crippen LogP contribution in [0.2, 0.25) is 0 Å². The lowest BCUT2D eigenvalue weighted by molar-refractivity contribution is -0.121. The molecule has 2 heterocycles. The Morgan fingerprint density at radius 2 is 2.04 bits per heavy atom. The fraction of sp³-hybridized carbons (Fsp3) is 0.294. The van der Waals surface area contributed by atoms with Crippen LogP contribution in [0, 0.1) is 6.92 Å². The van der Waals surface area contributed by atoms with Gasteiger partial charge in [-0.25, -0.2) is 8.42 Å². The molecule has 0 saturated carbocycles. The van der Waals surface area contributed by atoms with E-state index in [4.69, 9.17) is 4.42 Å². The van der Waals surface area contributed by atoms with Crippen molar-refractivity contribution in [3.8, 4) is 0 Å². The molecule has 0 spiro atoms. The number of nitrogens with zero attached hydrogens (tertiary/aromatic N) is 1. The Bertz CT molecular complexity index is 931. The molecule has 1 aromatic heterocycles. The molecule has 25 heavy (non-hydrogen) atoms. The van der Waals surface area contributed by atoms with Crippen LogP contribution in [0.5, 0.6) is 0 Å². The van der Waals surface area contributed by atoms with Gasteiger partial charge in [-0.1, -0.05) is 12.1 Å². The Morgan fingerprint density at radius 3 is 2.76 bits per heavy atom. The number of hydrogen-bond donors (Lipinski definition) is 2. The number of carbonyl (C=O) groups excluding carboxylic acids is 1. The van der Waals surface area contributed by atoms with Gasteiger partial charge in [-0.05, 0) is 38.1 Å². The predicted molar refractivity (Wildman–Crippen MR) is 92.8 cm³/mol. The van der Waals surface area contributed by atoms with E-state index in [1.807, 2.05) is 26.0 Å². The fourth-order valence-electron chi connectivity index (χ4n) is 2.59. The van der Waals surface area contributed by atoms with Gasteiger partial charge in [0.05, 0.1) is 17.5 Å². The number of carbonyl (C=O) groups is 1. The van der Waals surface area contributed by atoms with E-state index in [0.29, 0.717) is 11.3 Å². The number of aryl methyl sites for hydroxylation is 1. The molecule has 0 bridgehead atoms. The second-order valence-corrected chi connectivity index (χ2v) is 7.47. The molecule has 0 fully saturated rings. The molecular weight excluding hydrogens is 342 g/mol. The number of fused-ring (bicyclic) bond motifs is 1. The number of benzene rings is 1. The normalized spacial score (nSPS) is 17.8. The first-order valence-electron chi connectivity index (χ1n) is 7.89. The van der Waals surface area contributed by atoms with Gasteiger partial charge >= 0.3 is 0 Å². The van der Waals surface area contributed by atoms with Crippen LogP contribution in [-0.2, 0) is 14.8 Å². The lowest BCUT2D eigenvalue weighted by Crippen LogP contribution is -2.27. The van der Waals surface area contributed by atoms with E-state index in [-0.39, 0.29) is 35.6 Å². The summed E-state index contributed by atoms with van der Waals surface area (Å²) in [6, 6.07) is 10.0. The van der Waals surface area contributed by atoms with Crippen LogP contribution in [-0.4, -0.2) is 26.7 Å². The van der Waals surface area contributed by atoms with Gasteiger partial charge in [0.1, 0.15) is 17.4 Å². The number of hydrogen-bond acceptors (Lipinski definition) is 5. The molecule has 132 valence electrons. The third-order valence-electron chi connectivity index (χ3n) is 3.84. The summed E-state index contributed by atoms with van der Waals surface area (Å²) in [6.45, 7) is 3.86. The summed E-state index contributed by atoms with van der Waals surface area (Å²) < 4.78 is 31.9. The minimum atomic E-state index is -3.55. The van der Waals surface area contributed by atoms with Gasteiger partial charge in [0.2, 0.25) is 5.91 Å². The van der Waals surface area contributed by atoms with Gasteiger partial charge in [-0.15, -0.1) is 0 Å². The zero-order valence-corrected chi connectivity index (χ0v) is 14.8. The van der Waals surface area contributed by atoms with Gasteiger partial charge in [-0.3, -0.25) is 14.5 Å². The number of sulfonamides is 1. The summed E-state index contributed by atoms with van der Waals surface area (Å²) in [5, 5.41) is 2.83. The Morgan fingerprint density at radius 1 is 1.28 bits per heavy atom. The van der Waals surface area contributed by atoms with Crippen LogP contribution in [0.4, 0.5) is 0 Å². The highest BCUT2D eigenvalue weighted by Crippen LogP contribution is 2.22. The summed E-state index contributed by atoms with van der Waals surface area (Å²) >= 11 is 0. The molecule has 1 atom stereocenters. The van der Waals surface area contributed by atoms with Crippen LogP contribution >= 0.6 is 0 Å². The van der Waals surface area contributed by atoms with Crippen molar-refractivity contribution in [2.75, 3.05) is 6.54 Å². The summed E-state index contributed by atoms with van der Waals surface area (Å²) in [5.74, 6) is 1.57. The maximum Gasteiger partial charge on any atom is 0.263 e. The Balaban J connectivity index is 1.59. The van der Waals surface area contributed by atoms with Gasteiger partial charge in [0.15, 0.2) is 0 Å². The monoisotopic (exact) mass is 361 g/mol. The van der Waals surface area contributed by atoms with Gasteiger partial charge < -0.3 is 9.73 Å². The molecule has 1 unspecified atom stereocenters. The second-order valence-electron chi connectivity index (χ2n) is 5.82. The average Bonchev–Trinajstić information content (AvgIpc) is 3.10. The van der Waals surface area contributed by atoms with Crippen molar-refractivity contribution in [3.63, 3.8) is 0 Å². The second kappa shape index (κ2) is 6.72. The lowest BCUT2D eigenvalue weighted by atomic mass is 10.2. The molecule has 1 aliphatic heterocycles. The number of rotatable bonds is 5. The number of aliphatic imine (C=N–C) groups is 1. The van der Waals surface area contributed by atoms with E-state index in [1.54, 1.807) is 18.2 Å².